The van der Waals surface area contributed by atoms with Gasteiger partial charge >= 0.3 is 0 Å². The van der Waals surface area contributed by atoms with Crippen LogP contribution in [0.1, 0.15) is 11.1 Å². The van der Waals surface area contributed by atoms with E-state index < -0.39 is 11.7 Å². The van der Waals surface area contributed by atoms with Gasteiger partial charge in [0, 0.05) is 12.2 Å². The fourth-order valence-corrected chi connectivity index (χ4v) is 2.00. The monoisotopic (exact) mass is 292 g/mol. The molecule has 104 valence electrons. The fourth-order valence-electron chi connectivity index (χ4n) is 1.88. The van der Waals surface area contributed by atoms with Crippen LogP contribution in [0.2, 0.25) is 5.02 Å². The maximum atomic E-state index is 13.3. The molecule has 2 aromatic carbocycles. The van der Waals surface area contributed by atoms with Crippen LogP contribution in [0, 0.1) is 5.82 Å². The van der Waals surface area contributed by atoms with Crippen LogP contribution in [0.25, 0.3) is 0 Å². The SMILES string of the molecule is NC(=O)Cc1ccccc1NCc1ccc(Cl)c(F)c1. The van der Waals surface area contributed by atoms with Crippen molar-refractivity contribution in [1.82, 2.24) is 0 Å². The molecule has 0 atom stereocenters. The second-order valence-corrected chi connectivity index (χ2v) is 4.81. The molecule has 2 aromatic rings. The van der Waals surface area contributed by atoms with E-state index in [1.54, 1.807) is 6.07 Å². The van der Waals surface area contributed by atoms with E-state index in [9.17, 15) is 9.18 Å². The number of benzene rings is 2. The van der Waals surface area contributed by atoms with Gasteiger partial charge in [-0.05, 0) is 29.3 Å². The maximum absolute atomic E-state index is 13.3. The van der Waals surface area contributed by atoms with E-state index in [-0.39, 0.29) is 11.4 Å². The van der Waals surface area contributed by atoms with Crippen molar-refractivity contribution in [1.29, 1.82) is 0 Å². The summed E-state index contributed by atoms with van der Waals surface area (Å²) in [6.45, 7) is 0.434. The predicted octanol–water partition coefficient (Wildman–Crippen LogP) is 3.12. The van der Waals surface area contributed by atoms with Gasteiger partial charge in [0.05, 0.1) is 11.4 Å². The van der Waals surface area contributed by atoms with Gasteiger partial charge < -0.3 is 11.1 Å². The number of primary amides is 1. The minimum atomic E-state index is -0.448. The van der Waals surface area contributed by atoms with Gasteiger partial charge in [-0.2, -0.15) is 0 Å². The van der Waals surface area contributed by atoms with Crippen molar-refractivity contribution in [2.75, 3.05) is 5.32 Å². The molecule has 5 heteroatoms. The summed E-state index contributed by atoms with van der Waals surface area (Å²) in [7, 11) is 0. The van der Waals surface area contributed by atoms with Crippen molar-refractivity contribution >= 4 is 23.2 Å². The zero-order valence-electron chi connectivity index (χ0n) is 10.7. The first kappa shape index (κ1) is 14.3. The Balaban J connectivity index is 2.10. The smallest absolute Gasteiger partial charge is 0.221 e. The summed E-state index contributed by atoms with van der Waals surface area (Å²) in [5.41, 5.74) is 7.59. The van der Waals surface area contributed by atoms with Crippen molar-refractivity contribution in [3.8, 4) is 0 Å². The third-order valence-corrected chi connectivity index (χ3v) is 3.16. The van der Waals surface area contributed by atoms with Gasteiger partial charge in [0.2, 0.25) is 5.91 Å². The van der Waals surface area contributed by atoms with Crippen molar-refractivity contribution in [3.63, 3.8) is 0 Å². The average Bonchev–Trinajstić information content (AvgIpc) is 2.41. The zero-order valence-corrected chi connectivity index (χ0v) is 11.5. The van der Waals surface area contributed by atoms with E-state index in [0.29, 0.717) is 6.54 Å². The van der Waals surface area contributed by atoms with Gasteiger partial charge in [-0.15, -0.1) is 0 Å². The standard InChI is InChI=1S/C15H14ClFN2O/c16-12-6-5-10(7-13(12)17)9-19-14-4-2-1-3-11(14)8-15(18)20/h1-7,19H,8-9H2,(H2,18,20). The summed E-state index contributed by atoms with van der Waals surface area (Å²) < 4.78 is 13.3. The summed E-state index contributed by atoms with van der Waals surface area (Å²) in [6, 6.07) is 12.0. The number of rotatable bonds is 5. The lowest BCUT2D eigenvalue weighted by molar-refractivity contribution is -0.117. The van der Waals surface area contributed by atoms with Crippen LogP contribution in [0.15, 0.2) is 42.5 Å². The Morgan fingerprint density at radius 1 is 1.25 bits per heavy atom. The number of halogens is 2. The zero-order chi connectivity index (χ0) is 14.5. The molecule has 20 heavy (non-hydrogen) atoms. The number of hydrogen-bond acceptors (Lipinski definition) is 2. The van der Waals surface area contributed by atoms with Gasteiger partial charge in [0.25, 0.3) is 0 Å². The maximum Gasteiger partial charge on any atom is 0.221 e. The predicted molar refractivity (Wildman–Crippen MR) is 78.1 cm³/mol. The molecule has 0 bridgehead atoms. The van der Waals surface area contributed by atoms with Crippen LogP contribution in [-0.2, 0) is 17.8 Å². The first-order valence-corrected chi connectivity index (χ1v) is 6.48. The Kier molecular flexibility index (Phi) is 4.58. The third-order valence-electron chi connectivity index (χ3n) is 2.85. The molecule has 0 spiro atoms. The van der Waals surface area contributed by atoms with E-state index in [1.807, 2.05) is 24.3 Å². The molecule has 0 heterocycles. The van der Waals surface area contributed by atoms with Gasteiger partial charge in [-0.25, -0.2) is 4.39 Å². The van der Waals surface area contributed by atoms with Crippen molar-refractivity contribution in [2.24, 2.45) is 5.73 Å². The number of carbonyl (C=O) groups excluding carboxylic acids is 1. The van der Waals surface area contributed by atoms with Crippen LogP contribution in [0.3, 0.4) is 0 Å². The molecule has 0 saturated heterocycles. The van der Waals surface area contributed by atoms with Crippen molar-refractivity contribution in [2.45, 2.75) is 13.0 Å². The number of nitrogens with one attached hydrogen (secondary N) is 1. The number of nitrogens with two attached hydrogens (primary N) is 1. The van der Waals surface area contributed by atoms with Gasteiger partial charge in [-0.3, -0.25) is 4.79 Å². The number of anilines is 1. The minimum absolute atomic E-state index is 0.0999. The van der Waals surface area contributed by atoms with E-state index in [4.69, 9.17) is 17.3 Å². The van der Waals surface area contributed by atoms with Crippen LogP contribution in [-0.4, -0.2) is 5.91 Å². The topological polar surface area (TPSA) is 55.1 Å². The molecular weight excluding hydrogens is 279 g/mol. The van der Waals surface area contributed by atoms with Crippen LogP contribution in [0.4, 0.5) is 10.1 Å². The van der Waals surface area contributed by atoms with E-state index >= 15 is 0 Å². The normalized spacial score (nSPS) is 10.3. The highest BCUT2D eigenvalue weighted by Crippen LogP contribution is 2.19. The van der Waals surface area contributed by atoms with E-state index in [2.05, 4.69) is 5.32 Å². The highest BCUT2D eigenvalue weighted by molar-refractivity contribution is 6.30. The second kappa shape index (κ2) is 6.39. The Morgan fingerprint density at radius 3 is 2.70 bits per heavy atom. The lowest BCUT2D eigenvalue weighted by Crippen LogP contribution is -2.15. The second-order valence-electron chi connectivity index (χ2n) is 4.40. The largest absolute Gasteiger partial charge is 0.381 e. The summed E-state index contributed by atoms with van der Waals surface area (Å²) in [5.74, 6) is -0.840. The average molecular weight is 293 g/mol. The summed E-state index contributed by atoms with van der Waals surface area (Å²) >= 11 is 5.63. The van der Waals surface area contributed by atoms with Gasteiger partial charge in [-0.1, -0.05) is 35.9 Å². The van der Waals surface area contributed by atoms with Gasteiger partial charge in [0.1, 0.15) is 5.82 Å². The number of hydrogen-bond donors (Lipinski definition) is 2. The Hall–Kier alpha value is -2.07. The summed E-state index contributed by atoms with van der Waals surface area (Å²) in [5, 5.41) is 3.26. The molecule has 0 saturated carbocycles. The lowest BCUT2D eigenvalue weighted by atomic mass is 10.1. The van der Waals surface area contributed by atoms with Crippen LogP contribution in [0.5, 0.6) is 0 Å². The molecule has 0 aliphatic carbocycles. The van der Waals surface area contributed by atoms with Gasteiger partial charge in [0.15, 0.2) is 0 Å². The van der Waals surface area contributed by atoms with Crippen LogP contribution >= 0.6 is 11.6 Å². The highest BCUT2D eigenvalue weighted by Gasteiger charge is 2.05. The third kappa shape index (κ3) is 3.71. The fraction of sp³-hybridized carbons (Fsp3) is 0.133. The Labute approximate surface area is 121 Å². The quantitative estimate of drug-likeness (QED) is 0.889. The van der Waals surface area contributed by atoms with Crippen molar-refractivity contribution < 1.29 is 9.18 Å². The molecule has 3 N–H and O–H groups in total. The molecule has 0 aromatic heterocycles. The summed E-state index contributed by atoms with van der Waals surface area (Å²) in [4.78, 5) is 11.0. The molecule has 1 amide bonds. The Bertz CT molecular complexity index is 631. The Morgan fingerprint density at radius 2 is 2.00 bits per heavy atom. The molecule has 0 aliphatic rings. The number of amides is 1. The first-order chi connectivity index (χ1) is 9.56. The molecule has 2 rings (SSSR count). The minimum Gasteiger partial charge on any atom is -0.381 e. The molecule has 0 fully saturated rings. The number of para-hydroxylation sites is 1. The molecule has 0 unspecified atom stereocenters. The van der Waals surface area contributed by atoms with Crippen molar-refractivity contribution in [3.05, 3.63) is 64.4 Å². The molecule has 0 radical (unpaired) electrons. The lowest BCUT2D eigenvalue weighted by Gasteiger charge is -2.11. The summed E-state index contributed by atoms with van der Waals surface area (Å²) in [6.07, 6.45) is 0.165. The molecule has 0 aliphatic heterocycles. The number of carbonyl (C=O) groups is 1. The van der Waals surface area contributed by atoms with E-state index in [1.165, 1.54) is 12.1 Å². The van der Waals surface area contributed by atoms with Crippen LogP contribution < -0.4 is 11.1 Å². The highest BCUT2D eigenvalue weighted by atomic mass is 35.5. The first-order valence-electron chi connectivity index (χ1n) is 6.10. The molecular formula is C15H14ClFN2O. The van der Waals surface area contributed by atoms with E-state index in [0.717, 1.165) is 16.8 Å². The molecule has 3 nitrogen and oxygen atoms in total.